The Hall–Kier alpha value is -5.18. The van der Waals surface area contributed by atoms with Crippen LogP contribution in [0, 0.1) is 0 Å². The Morgan fingerprint density at radius 3 is 2.58 bits per heavy atom. The van der Waals surface area contributed by atoms with Crippen molar-refractivity contribution in [1.82, 2.24) is 30.2 Å². The molecule has 36 heavy (non-hydrogen) atoms. The number of aromatic nitrogens is 5. The minimum absolute atomic E-state index is 0.00683. The van der Waals surface area contributed by atoms with Crippen LogP contribution in [0.25, 0.3) is 44.5 Å². The topological polar surface area (TPSA) is 133 Å². The number of carbonyl (C=O) groups excluding carboxylic acids is 1. The maximum absolute atomic E-state index is 13.1. The minimum Gasteiger partial charge on any atom is -0.443 e. The fraction of sp³-hybridized carbons (Fsp3) is 0.0370. The predicted octanol–water partition coefficient (Wildman–Crippen LogP) is 4.41. The van der Waals surface area contributed by atoms with Crippen molar-refractivity contribution in [3.63, 3.8) is 0 Å². The molecule has 174 valence electrons. The van der Waals surface area contributed by atoms with Crippen molar-refractivity contribution in [2.75, 3.05) is 5.73 Å². The molecular formula is C27H19N7O2. The molecule has 4 aromatic heterocycles. The van der Waals surface area contributed by atoms with E-state index in [1.165, 1.54) is 12.5 Å². The fourth-order valence-corrected chi connectivity index (χ4v) is 4.01. The second-order valence-electron chi connectivity index (χ2n) is 8.11. The maximum Gasteiger partial charge on any atom is 0.274 e. The average Bonchev–Trinajstić information content (AvgIpc) is 3.46. The van der Waals surface area contributed by atoms with Crippen LogP contribution < -0.4 is 11.1 Å². The molecule has 0 aliphatic heterocycles. The van der Waals surface area contributed by atoms with Crippen LogP contribution in [0.5, 0.6) is 0 Å². The van der Waals surface area contributed by atoms with Crippen LogP contribution in [0.2, 0.25) is 0 Å². The van der Waals surface area contributed by atoms with Gasteiger partial charge in [-0.15, -0.1) is 0 Å². The molecule has 6 rings (SSSR count). The first kappa shape index (κ1) is 21.4. The van der Waals surface area contributed by atoms with Gasteiger partial charge < -0.3 is 15.5 Å². The van der Waals surface area contributed by atoms with Gasteiger partial charge in [0.25, 0.3) is 5.91 Å². The summed E-state index contributed by atoms with van der Waals surface area (Å²) in [7, 11) is 0. The van der Waals surface area contributed by atoms with Gasteiger partial charge in [-0.3, -0.25) is 14.8 Å². The van der Waals surface area contributed by atoms with Crippen molar-refractivity contribution in [3.8, 4) is 22.8 Å². The number of nitrogens with two attached hydrogens (primary N) is 1. The molecule has 4 heterocycles. The summed E-state index contributed by atoms with van der Waals surface area (Å²) in [4.78, 5) is 35.2. The lowest BCUT2D eigenvalue weighted by molar-refractivity contribution is 0.0946. The zero-order chi connectivity index (χ0) is 24.5. The van der Waals surface area contributed by atoms with Crippen molar-refractivity contribution in [2.24, 2.45) is 0 Å². The fourth-order valence-electron chi connectivity index (χ4n) is 4.01. The van der Waals surface area contributed by atoms with Gasteiger partial charge in [-0.05, 0) is 29.7 Å². The van der Waals surface area contributed by atoms with E-state index in [0.717, 1.165) is 27.2 Å². The number of nitrogens with one attached hydrogen (secondary N) is 1. The van der Waals surface area contributed by atoms with E-state index in [1.807, 2.05) is 60.7 Å². The molecule has 6 aromatic rings. The first-order chi connectivity index (χ1) is 17.7. The van der Waals surface area contributed by atoms with Crippen molar-refractivity contribution >= 4 is 33.4 Å². The number of benzene rings is 2. The molecule has 9 heteroatoms. The SMILES string of the molecule is Nc1nc(-c2ncco2)c(-c2ccc3ncccc3c2)nc1C(=O)NCc1cc2ccccc2cn1. The van der Waals surface area contributed by atoms with Crippen LogP contribution in [0.4, 0.5) is 5.82 Å². The number of anilines is 1. The molecule has 0 aliphatic rings. The molecule has 0 aliphatic carbocycles. The quantitative estimate of drug-likeness (QED) is 0.376. The Labute approximate surface area is 205 Å². The second-order valence-corrected chi connectivity index (χ2v) is 8.11. The lowest BCUT2D eigenvalue weighted by Crippen LogP contribution is -2.26. The molecule has 0 saturated heterocycles. The van der Waals surface area contributed by atoms with Crippen molar-refractivity contribution in [2.45, 2.75) is 6.54 Å². The average molecular weight is 473 g/mol. The number of rotatable bonds is 5. The summed E-state index contributed by atoms with van der Waals surface area (Å²) in [6, 6.07) is 19.3. The lowest BCUT2D eigenvalue weighted by atomic mass is 10.1. The van der Waals surface area contributed by atoms with E-state index in [0.29, 0.717) is 17.1 Å². The number of hydrogen-bond acceptors (Lipinski definition) is 8. The summed E-state index contributed by atoms with van der Waals surface area (Å²) in [6.45, 7) is 0.212. The molecule has 0 bridgehead atoms. The van der Waals surface area contributed by atoms with Crippen LogP contribution >= 0.6 is 0 Å². The van der Waals surface area contributed by atoms with Crippen molar-refractivity contribution in [1.29, 1.82) is 0 Å². The van der Waals surface area contributed by atoms with E-state index in [4.69, 9.17) is 10.2 Å². The molecule has 0 fully saturated rings. The molecule has 0 saturated carbocycles. The van der Waals surface area contributed by atoms with Gasteiger partial charge in [-0.2, -0.15) is 0 Å². The molecule has 0 atom stereocenters. The monoisotopic (exact) mass is 473 g/mol. The van der Waals surface area contributed by atoms with E-state index in [1.54, 1.807) is 12.4 Å². The second kappa shape index (κ2) is 8.88. The van der Waals surface area contributed by atoms with Gasteiger partial charge in [0, 0.05) is 28.7 Å². The van der Waals surface area contributed by atoms with E-state index >= 15 is 0 Å². The number of nitrogens with zero attached hydrogens (tertiary/aromatic N) is 5. The minimum atomic E-state index is -0.461. The third-order valence-corrected chi connectivity index (χ3v) is 5.77. The summed E-state index contributed by atoms with van der Waals surface area (Å²) >= 11 is 0. The highest BCUT2D eigenvalue weighted by molar-refractivity contribution is 5.98. The van der Waals surface area contributed by atoms with Gasteiger partial charge in [-0.1, -0.05) is 36.4 Å². The zero-order valence-electron chi connectivity index (χ0n) is 18.9. The van der Waals surface area contributed by atoms with Crippen LogP contribution in [-0.4, -0.2) is 30.8 Å². The largest absolute Gasteiger partial charge is 0.443 e. The third kappa shape index (κ3) is 3.98. The van der Waals surface area contributed by atoms with E-state index in [-0.39, 0.29) is 23.9 Å². The first-order valence-corrected chi connectivity index (χ1v) is 11.2. The van der Waals surface area contributed by atoms with Gasteiger partial charge in [0.15, 0.2) is 17.2 Å². The van der Waals surface area contributed by atoms with E-state index < -0.39 is 5.91 Å². The third-order valence-electron chi connectivity index (χ3n) is 5.77. The number of nitrogen functional groups attached to an aromatic ring is 1. The van der Waals surface area contributed by atoms with E-state index in [9.17, 15) is 4.79 Å². The molecule has 0 spiro atoms. The highest BCUT2D eigenvalue weighted by Gasteiger charge is 2.22. The Bertz CT molecular complexity index is 1730. The Morgan fingerprint density at radius 2 is 1.72 bits per heavy atom. The molecular weight excluding hydrogens is 454 g/mol. The van der Waals surface area contributed by atoms with Gasteiger partial charge in [-0.25, -0.2) is 15.0 Å². The van der Waals surface area contributed by atoms with Crippen molar-refractivity contribution < 1.29 is 9.21 Å². The summed E-state index contributed by atoms with van der Waals surface area (Å²) in [6.07, 6.45) is 6.47. The smallest absolute Gasteiger partial charge is 0.274 e. The first-order valence-electron chi connectivity index (χ1n) is 11.2. The summed E-state index contributed by atoms with van der Waals surface area (Å²) in [5, 5.41) is 5.84. The number of oxazole rings is 1. The summed E-state index contributed by atoms with van der Waals surface area (Å²) in [5.74, 6) is -0.237. The van der Waals surface area contributed by atoms with Crippen LogP contribution in [0.3, 0.4) is 0 Å². The summed E-state index contributed by atoms with van der Waals surface area (Å²) in [5.41, 5.74) is 9.23. The Morgan fingerprint density at radius 1 is 0.861 bits per heavy atom. The molecule has 2 aromatic carbocycles. The van der Waals surface area contributed by atoms with Gasteiger partial charge in [0.2, 0.25) is 5.89 Å². The number of amides is 1. The molecule has 1 amide bonds. The highest BCUT2D eigenvalue weighted by atomic mass is 16.3. The standard InChI is InChI=1S/C27H19N7O2/c28-25-24(26(35)32-15-20-13-16-4-1-2-5-19(16)14-31-20)33-22(23(34-25)27-30-10-11-36-27)18-7-8-21-17(12-18)6-3-9-29-21/h1-14H,15H2,(H2,28,34)(H,32,35). The number of fused-ring (bicyclic) bond motifs is 2. The van der Waals surface area contributed by atoms with E-state index in [2.05, 4.69) is 30.2 Å². The Balaban J connectivity index is 1.36. The predicted molar refractivity (Wildman–Crippen MR) is 136 cm³/mol. The van der Waals surface area contributed by atoms with Gasteiger partial charge in [0.05, 0.1) is 24.0 Å². The zero-order valence-corrected chi connectivity index (χ0v) is 18.9. The number of pyridine rings is 2. The lowest BCUT2D eigenvalue weighted by Gasteiger charge is -2.12. The number of carbonyl (C=O) groups is 1. The molecule has 9 nitrogen and oxygen atoms in total. The van der Waals surface area contributed by atoms with Crippen LogP contribution in [0.1, 0.15) is 16.2 Å². The van der Waals surface area contributed by atoms with Gasteiger partial charge in [0.1, 0.15) is 12.0 Å². The molecule has 0 unspecified atom stereocenters. The van der Waals surface area contributed by atoms with Crippen LogP contribution in [0.15, 0.2) is 89.9 Å². The normalized spacial score (nSPS) is 11.1. The Kier molecular flexibility index (Phi) is 5.27. The summed E-state index contributed by atoms with van der Waals surface area (Å²) < 4.78 is 5.47. The van der Waals surface area contributed by atoms with Crippen molar-refractivity contribution in [3.05, 3.63) is 96.9 Å². The van der Waals surface area contributed by atoms with Gasteiger partial charge >= 0.3 is 0 Å². The number of hydrogen-bond donors (Lipinski definition) is 2. The molecule has 3 N–H and O–H groups in total. The van der Waals surface area contributed by atoms with Crippen LogP contribution in [-0.2, 0) is 6.54 Å². The maximum atomic E-state index is 13.1. The highest BCUT2D eigenvalue weighted by Crippen LogP contribution is 2.31. The molecule has 0 radical (unpaired) electrons.